The second-order valence-electron chi connectivity index (χ2n) is 18.0. The summed E-state index contributed by atoms with van der Waals surface area (Å²) in [6, 6.07) is 19.1. The Kier molecular flexibility index (Phi) is 40.7. The third kappa shape index (κ3) is 39.6. The van der Waals surface area contributed by atoms with Crippen molar-refractivity contribution < 1.29 is 94.4 Å². The van der Waals surface area contributed by atoms with Gasteiger partial charge in [-0.1, -0.05) is 66.5 Å². The van der Waals surface area contributed by atoms with Crippen molar-refractivity contribution in [2.45, 2.75) is 51.1 Å². The fourth-order valence-electron chi connectivity index (χ4n) is 7.04. The molecule has 0 spiro atoms. The van der Waals surface area contributed by atoms with E-state index in [0.717, 1.165) is 36.5 Å². The molecule has 0 saturated carbocycles. The number of hydrogen-bond donors (Lipinski definition) is 6. The number of nitrogens with zero attached hydrogens (tertiary/aromatic N) is 3. The fraction of sp³-hybridized carbons (Fsp3) is 0.589. The topological polar surface area (TPSA) is 295 Å². The Morgan fingerprint density at radius 1 is 0.576 bits per heavy atom. The summed E-state index contributed by atoms with van der Waals surface area (Å²) < 4.78 is 96.1. The van der Waals surface area contributed by atoms with Crippen LogP contribution >= 0.6 is 11.6 Å². The summed E-state index contributed by atoms with van der Waals surface area (Å²) in [5.74, 6) is 1.03. The van der Waals surface area contributed by atoms with Crippen molar-refractivity contribution >= 4 is 58.3 Å². The molecule has 0 aliphatic rings. The molecule has 0 aliphatic heterocycles. The minimum Gasteiger partial charge on any atom is -0.490 e. The summed E-state index contributed by atoms with van der Waals surface area (Å²) in [5.41, 5.74) is 0.561. The van der Waals surface area contributed by atoms with Crippen LogP contribution in [-0.2, 0) is 58.7 Å². The molecule has 6 N–H and O–H groups in total. The Labute approximate surface area is 498 Å². The first-order chi connectivity index (χ1) is 41.3. The van der Waals surface area contributed by atoms with E-state index >= 15 is 0 Å². The predicted molar refractivity (Wildman–Crippen MR) is 306 cm³/mol. The highest BCUT2D eigenvalue weighted by molar-refractivity contribution is 6.17. The number of rotatable bonds is 48. The normalized spacial score (nSPS) is 11.8. The molecule has 0 fully saturated rings. The Hall–Kier alpha value is -6.63. The van der Waals surface area contributed by atoms with Crippen molar-refractivity contribution in [3.63, 3.8) is 0 Å². The third-order valence-electron chi connectivity index (χ3n) is 11.2. The average Bonchev–Trinajstić information content (AvgIpc) is 3.64. The smallest absolute Gasteiger partial charge is 0.490 e. The molecule has 3 rings (SSSR count). The van der Waals surface area contributed by atoms with Gasteiger partial charge >= 0.3 is 30.7 Å². The molecule has 0 bridgehead atoms. The van der Waals surface area contributed by atoms with Gasteiger partial charge in [-0.15, -0.1) is 29.9 Å². The first-order valence-electron chi connectivity index (χ1n) is 28.0. The van der Waals surface area contributed by atoms with Crippen LogP contribution in [0.2, 0.25) is 0 Å². The maximum atomic E-state index is 13.4. The van der Waals surface area contributed by atoms with Crippen molar-refractivity contribution in [2.75, 3.05) is 164 Å². The van der Waals surface area contributed by atoms with Gasteiger partial charge in [-0.2, -0.15) is 0 Å². The maximum Gasteiger partial charge on any atom is 0.521 e. The van der Waals surface area contributed by atoms with E-state index in [4.69, 9.17) is 63.7 Å². The molecule has 25 nitrogen and oxygen atoms in total. The molecule has 3 aromatic rings. The second kappa shape index (κ2) is 47.6. The molecular weight excluding hydrogens is 1150 g/mol. The number of carbonyl (C=O) groups is 5. The van der Waals surface area contributed by atoms with E-state index in [2.05, 4.69) is 36.8 Å². The molecule has 1 unspecified atom stereocenters. The minimum atomic E-state index is -4.82. The Morgan fingerprint density at radius 3 is 1.66 bits per heavy atom. The van der Waals surface area contributed by atoms with E-state index in [0.29, 0.717) is 50.2 Å². The number of alkyl carbamates (subject to hydrolysis) is 4. The van der Waals surface area contributed by atoms with Crippen LogP contribution in [0.5, 0.6) is 5.75 Å². The molecule has 3 aromatic carbocycles. The summed E-state index contributed by atoms with van der Waals surface area (Å²) in [7, 11) is 0. The van der Waals surface area contributed by atoms with Gasteiger partial charge in [0.25, 0.3) is 0 Å². The van der Waals surface area contributed by atoms with Crippen molar-refractivity contribution in [3.8, 4) is 5.75 Å². The van der Waals surface area contributed by atoms with E-state index in [1.54, 1.807) is 0 Å². The first kappa shape index (κ1) is 72.6. The highest BCUT2D eigenvalue weighted by Crippen LogP contribution is 2.25. The molecule has 85 heavy (non-hydrogen) atoms. The van der Waals surface area contributed by atoms with Gasteiger partial charge in [-0.05, 0) is 54.1 Å². The van der Waals surface area contributed by atoms with E-state index in [1.165, 1.54) is 41.3 Å². The summed E-state index contributed by atoms with van der Waals surface area (Å²) in [6.45, 7) is 4.59. The number of carbonyl (C=O) groups excluding carboxylic acids is 5. The van der Waals surface area contributed by atoms with Crippen LogP contribution in [0.25, 0.3) is 10.8 Å². The van der Waals surface area contributed by atoms with Crippen LogP contribution in [0.3, 0.4) is 0 Å². The predicted octanol–water partition coefficient (Wildman–Crippen LogP) is 6.55. The number of amides is 5. The Morgan fingerprint density at radius 2 is 1.08 bits per heavy atom. The van der Waals surface area contributed by atoms with Gasteiger partial charge in [0.05, 0.1) is 78.4 Å². The Balaban J connectivity index is 1.12. The fourth-order valence-corrected chi connectivity index (χ4v) is 7.23. The molecule has 476 valence electrons. The lowest BCUT2D eigenvalue weighted by molar-refractivity contribution is -0.131. The van der Waals surface area contributed by atoms with Crippen molar-refractivity contribution in [1.29, 1.82) is 0 Å². The standard InChI is InChI=1S/C56H82ClF3N8O17/c57-19-5-1-2-6-26-75-32-33-76-31-24-65-55(74)84-41-39-80-37-35-78-30-23-64-54(73)82-28-8-7-27-81-53(72)63-22-29-77-34-36-79-38-40-83-52(71)62-21-25-68(43-45-14-16-47(17-15-45)66-67-56(58,59)60)51(70)18-20-61-42-48(69)44-85-50-13-9-11-46-10-3-4-12-49(46)50/h3-4,7-17,48,61,69H,1-2,5-6,18-44H2,(H,62,71)(H,63,72)(H,64,73)(H,65,74)/b8-7+,67-66-. The highest BCUT2D eigenvalue weighted by Gasteiger charge is 2.26. The number of azo groups is 1. The van der Waals surface area contributed by atoms with Gasteiger partial charge in [0.2, 0.25) is 5.91 Å². The number of unbranched alkanes of at least 4 members (excludes halogenated alkanes) is 3. The minimum absolute atomic E-state index is 0.0118. The largest absolute Gasteiger partial charge is 0.521 e. The van der Waals surface area contributed by atoms with E-state index in [-0.39, 0.29) is 150 Å². The molecule has 0 aliphatic carbocycles. The molecule has 0 heterocycles. The van der Waals surface area contributed by atoms with Crippen LogP contribution in [0.15, 0.2) is 89.1 Å². The van der Waals surface area contributed by atoms with Gasteiger partial charge in [-0.25, -0.2) is 19.2 Å². The molecule has 0 saturated heterocycles. The van der Waals surface area contributed by atoms with Crippen LogP contribution in [-0.4, -0.2) is 217 Å². The number of benzene rings is 3. The van der Waals surface area contributed by atoms with E-state index in [9.17, 15) is 42.3 Å². The molecule has 1 atom stereocenters. The lowest BCUT2D eigenvalue weighted by Gasteiger charge is -2.23. The van der Waals surface area contributed by atoms with Crippen molar-refractivity contribution in [1.82, 2.24) is 31.5 Å². The number of aliphatic hydroxyl groups is 1. The number of halogens is 4. The third-order valence-corrected chi connectivity index (χ3v) is 11.5. The van der Waals surface area contributed by atoms with Gasteiger partial charge < -0.3 is 88.7 Å². The van der Waals surface area contributed by atoms with Crippen LogP contribution < -0.4 is 31.3 Å². The summed E-state index contributed by atoms with van der Waals surface area (Å²) in [4.78, 5) is 62.7. The summed E-state index contributed by atoms with van der Waals surface area (Å²) in [5, 5.41) is 31.2. The molecular formula is C56H82ClF3N8O17. The van der Waals surface area contributed by atoms with Gasteiger partial charge in [0.1, 0.15) is 44.9 Å². The summed E-state index contributed by atoms with van der Waals surface area (Å²) >= 11 is 5.65. The van der Waals surface area contributed by atoms with Crippen LogP contribution in [0.4, 0.5) is 38.0 Å². The number of hydrogen-bond acceptors (Lipinski definition) is 20. The number of aliphatic hydroxyl groups excluding tert-OH is 1. The van der Waals surface area contributed by atoms with Crippen molar-refractivity contribution in [3.05, 3.63) is 84.4 Å². The second-order valence-corrected chi connectivity index (χ2v) is 18.3. The lowest BCUT2D eigenvalue weighted by atomic mass is 10.1. The first-order valence-corrected chi connectivity index (χ1v) is 28.5. The zero-order chi connectivity index (χ0) is 61.3. The van der Waals surface area contributed by atoms with Gasteiger partial charge in [0, 0.05) is 76.7 Å². The number of ether oxygens (including phenoxy) is 11. The maximum absolute atomic E-state index is 13.4. The zero-order valence-corrected chi connectivity index (χ0v) is 48.6. The average molecular weight is 1230 g/mol. The molecule has 0 aromatic heterocycles. The van der Waals surface area contributed by atoms with Crippen LogP contribution in [0, 0.1) is 0 Å². The van der Waals surface area contributed by atoms with E-state index in [1.807, 2.05) is 42.5 Å². The quantitative estimate of drug-likeness (QED) is 0.00872. The lowest BCUT2D eigenvalue weighted by Crippen LogP contribution is -2.40. The molecule has 5 amide bonds. The number of fused-ring (bicyclic) bond motifs is 1. The number of alkyl halides is 4. The Bertz CT molecular complexity index is 2340. The van der Waals surface area contributed by atoms with Gasteiger partial charge in [-0.3, -0.25) is 4.79 Å². The van der Waals surface area contributed by atoms with E-state index < -0.39 is 36.8 Å². The van der Waals surface area contributed by atoms with Crippen LogP contribution in [0.1, 0.15) is 37.7 Å². The van der Waals surface area contributed by atoms with Gasteiger partial charge in [0.15, 0.2) is 0 Å². The monoisotopic (exact) mass is 1230 g/mol. The SMILES string of the molecule is O=C(NCCOCCOCCOC(=O)NCCOCCOCCCCCCCl)OC/C=C/COC(=O)NCCOCCOCCOC(=O)NCCN(Cc1ccc(/N=N\C(F)(F)F)cc1)C(=O)CCNCC(O)COc1cccc2ccccc12. The highest BCUT2D eigenvalue weighted by atomic mass is 35.5. The molecule has 29 heteroatoms. The van der Waals surface area contributed by atoms with Crippen molar-refractivity contribution in [2.24, 2.45) is 10.2 Å². The molecule has 0 radical (unpaired) electrons. The number of nitrogens with one attached hydrogen (secondary N) is 5. The zero-order valence-electron chi connectivity index (χ0n) is 47.8. The summed E-state index contributed by atoms with van der Waals surface area (Å²) in [6.07, 6.45) is -1.07.